The Labute approximate surface area is 117 Å². The van der Waals surface area contributed by atoms with Crippen molar-refractivity contribution in [1.82, 2.24) is 4.65 Å². The third-order valence-electron chi connectivity index (χ3n) is 3.42. The average molecular weight is 284 g/mol. The third-order valence-corrected chi connectivity index (χ3v) is 3.42. The van der Waals surface area contributed by atoms with Crippen molar-refractivity contribution in [2.24, 2.45) is 0 Å². The Morgan fingerprint density at radius 2 is 1.80 bits per heavy atom. The van der Waals surface area contributed by atoms with E-state index in [9.17, 15) is 15.4 Å². The van der Waals surface area contributed by atoms with Gasteiger partial charge in [-0.25, -0.2) is 0 Å². The number of para-hydroxylation sites is 2. The Kier molecular flexibility index (Phi) is 4.59. The Bertz CT molecular complexity index is 458. The first kappa shape index (κ1) is 15.2. The number of aliphatic hydroxyl groups excluding tert-OH is 4. The smallest absolute Gasteiger partial charge is 0.159 e. The van der Waals surface area contributed by atoms with Crippen molar-refractivity contribution in [2.45, 2.75) is 12.2 Å². The van der Waals surface area contributed by atoms with Gasteiger partial charge in [0.2, 0.25) is 0 Å². The van der Waals surface area contributed by atoms with Crippen LogP contribution in [0.25, 0.3) is 0 Å². The molecule has 0 amide bonds. The molecule has 1 aliphatic rings. The molecule has 0 fully saturated rings. The van der Waals surface area contributed by atoms with Crippen LogP contribution in [0, 0.1) is 5.21 Å². The number of fused-ring (bicyclic) bond motifs is 1. The highest BCUT2D eigenvalue weighted by atomic mass is 16.6. The van der Waals surface area contributed by atoms with Crippen molar-refractivity contribution in [1.29, 1.82) is 0 Å². The third kappa shape index (κ3) is 2.93. The van der Waals surface area contributed by atoms with Crippen LogP contribution < -0.4 is 9.55 Å². The van der Waals surface area contributed by atoms with Gasteiger partial charge in [0.05, 0.1) is 25.9 Å². The van der Waals surface area contributed by atoms with Crippen molar-refractivity contribution >= 4 is 11.4 Å². The minimum Gasteiger partial charge on any atom is -0.626 e. The molecule has 4 N–H and O–H groups in total. The van der Waals surface area contributed by atoms with Crippen LogP contribution in [0.3, 0.4) is 0 Å². The monoisotopic (exact) mass is 284 g/mol. The van der Waals surface area contributed by atoms with Crippen LogP contribution in [0.2, 0.25) is 0 Å². The molecular formula is C13H20N2O5. The number of aliphatic hydroxyl groups is 4. The van der Waals surface area contributed by atoms with E-state index in [0.717, 1.165) is 0 Å². The predicted octanol–water partition coefficient (Wildman–Crippen LogP) is -1.02. The van der Waals surface area contributed by atoms with Gasteiger partial charge in [-0.3, -0.25) is 0 Å². The molecule has 1 heterocycles. The van der Waals surface area contributed by atoms with Gasteiger partial charge in [0.25, 0.3) is 0 Å². The molecular weight excluding hydrogens is 264 g/mol. The maximum Gasteiger partial charge on any atom is 0.159 e. The van der Waals surface area contributed by atoms with Crippen LogP contribution in [0.4, 0.5) is 11.4 Å². The van der Waals surface area contributed by atoms with Crippen LogP contribution in [0.5, 0.6) is 0 Å². The number of anilines is 1. The van der Waals surface area contributed by atoms with Gasteiger partial charge in [-0.15, -0.1) is 0 Å². The van der Waals surface area contributed by atoms with Gasteiger partial charge in [0, 0.05) is 6.07 Å². The van der Waals surface area contributed by atoms with Gasteiger partial charge in [0.1, 0.15) is 18.3 Å². The topological polar surface area (TPSA) is 107 Å². The van der Waals surface area contributed by atoms with E-state index in [0.29, 0.717) is 11.4 Å². The highest BCUT2D eigenvalue weighted by Crippen LogP contribution is 2.40. The highest BCUT2D eigenvalue weighted by Gasteiger charge is 2.37. The summed E-state index contributed by atoms with van der Waals surface area (Å²) in [5.41, 5.74) is 1.17. The zero-order valence-electron chi connectivity index (χ0n) is 11.1. The lowest BCUT2D eigenvalue weighted by Gasteiger charge is -2.39. The molecule has 0 saturated heterocycles. The maximum atomic E-state index is 12.9. The van der Waals surface area contributed by atoms with Crippen LogP contribution in [-0.4, -0.2) is 65.6 Å². The maximum absolute atomic E-state index is 12.9. The lowest BCUT2D eigenvalue weighted by atomic mass is 10.2. The Balaban J connectivity index is 2.25. The normalized spacial score (nSPS) is 24.6. The molecule has 0 bridgehead atoms. The molecule has 7 nitrogen and oxygen atoms in total. The number of rotatable bonds is 6. The van der Waals surface area contributed by atoms with Crippen molar-refractivity contribution in [3.63, 3.8) is 0 Å². The standard InChI is InChI=1S/C13H20N2O5/c16-7-10(18)5-14-9-15(20,6-11(19)8-17)13-4-2-1-3-12(13)14/h1-4,10-11,16-19H,5-9H2. The quantitative estimate of drug-likeness (QED) is 0.393. The fourth-order valence-corrected chi connectivity index (χ4v) is 2.53. The summed E-state index contributed by atoms with van der Waals surface area (Å²) < 4.78 is -0.782. The molecule has 0 spiro atoms. The van der Waals surface area contributed by atoms with E-state index in [-0.39, 0.29) is 26.4 Å². The molecule has 1 aromatic rings. The van der Waals surface area contributed by atoms with E-state index in [4.69, 9.17) is 10.2 Å². The summed E-state index contributed by atoms with van der Waals surface area (Å²) in [7, 11) is 0. The van der Waals surface area contributed by atoms with Gasteiger partial charge >= 0.3 is 0 Å². The highest BCUT2D eigenvalue weighted by molar-refractivity contribution is 5.74. The second kappa shape index (κ2) is 6.04. The van der Waals surface area contributed by atoms with E-state index < -0.39 is 23.5 Å². The minimum atomic E-state index is -1.09. The molecule has 3 atom stereocenters. The summed E-state index contributed by atoms with van der Waals surface area (Å²) in [6, 6.07) is 6.97. The summed E-state index contributed by atoms with van der Waals surface area (Å²) in [6.45, 7) is -0.821. The molecule has 0 saturated carbocycles. The number of hydroxylamine groups is 2. The van der Waals surface area contributed by atoms with Gasteiger partial charge in [-0.2, -0.15) is 0 Å². The van der Waals surface area contributed by atoms with E-state index in [1.165, 1.54) is 0 Å². The fraction of sp³-hybridized carbons (Fsp3) is 0.538. The van der Waals surface area contributed by atoms with Gasteiger partial charge < -0.3 is 35.2 Å². The second-order valence-electron chi connectivity index (χ2n) is 5.10. The predicted molar refractivity (Wildman–Crippen MR) is 74.9 cm³/mol. The molecule has 112 valence electrons. The van der Waals surface area contributed by atoms with Crippen LogP contribution in [0.15, 0.2) is 24.3 Å². The Morgan fingerprint density at radius 1 is 1.15 bits per heavy atom. The van der Waals surface area contributed by atoms with E-state index in [2.05, 4.69) is 0 Å². The molecule has 2 rings (SSSR count). The van der Waals surface area contributed by atoms with Crippen molar-refractivity contribution in [3.05, 3.63) is 29.5 Å². The molecule has 0 radical (unpaired) electrons. The lowest BCUT2D eigenvalue weighted by Crippen LogP contribution is -2.51. The number of β-amino-alcohol motifs (C(OH)–C–C–N with tert-alkyl or cyclic N) is 1. The SMILES string of the molecule is [O-][N+]1(CC(O)CO)CN(CC(O)CO)c2ccccc21. The van der Waals surface area contributed by atoms with Crippen LogP contribution >= 0.6 is 0 Å². The molecule has 0 aromatic heterocycles. The molecule has 0 aliphatic carbocycles. The molecule has 20 heavy (non-hydrogen) atoms. The van der Waals surface area contributed by atoms with Gasteiger partial charge in [-0.05, 0) is 6.07 Å². The number of benzene rings is 1. The second-order valence-corrected chi connectivity index (χ2v) is 5.10. The van der Waals surface area contributed by atoms with Crippen molar-refractivity contribution in [2.75, 3.05) is 37.9 Å². The first-order chi connectivity index (χ1) is 9.50. The van der Waals surface area contributed by atoms with Crippen molar-refractivity contribution < 1.29 is 20.4 Å². The summed E-state index contributed by atoms with van der Waals surface area (Å²) in [4.78, 5) is 1.69. The molecule has 7 heteroatoms. The van der Waals surface area contributed by atoms with Gasteiger partial charge in [-0.1, -0.05) is 12.1 Å². The first-order valence-electron chi connectivity index (χ1n) is 6.50. The van der Waals surface area contributed by atoms with E-state index >= 15 is 0 Å². The van der Waals surface area contributed by atoms with Crippen molar-refractivity contribution in [3.8, 4) is 0 Å². The fourth-order valence-electron chi connectivity index (χ4n) is 2.53. The lowest BCUT2D eigenvalue weighted by molar-refractivity contribution is 0.0726. The zero-order valence-corrected chi connectivity index (χ0v) is 11.1. The van der Waals surface area contributed by atoms with Gasteiger partial charge in [0.15, 0.2) is 12.4 Å². The van der Waals surface area contributed by atoms with E-state index in [1.807, 2.05) is 0 Å². The van der Waals surface area contributed by atoms with E-state index in [1.54, 1.807) is 29.2 Å². The van der Waals surface area contributed by atoms with Crippen LogP contribution in [0.1, 0.15) is 0 Å². The first-order valence-corrected chi connectivity index (χ1v) is 6.50. The summed E-state index contributed by atoms with van der Waals surface area (Å²) >= 11 is 0. The number of quaternary nitrogens is 1. The Morgan fingerprint density at radius 3 is 2.45 bits per heavy atom. The Hall–Kier alpha value is -1.22. The van der Waals surface area contributed by atoms with Crippen LogP contribution in [-0.2, 0) is 0 Å². The summed E-state index contributed by atoms with van der Waals surface area (Å²) in [6.07, 6.45) is -2.03. The number of hydrogen-bond donors (Lipinski definition) is 4. The molecule has 1 aliphatic heterocycles. The summed E-state index contributed by atoms with van der Waals surface area (Å²) in [5, 5.41) is 49.8. The summed E-state index contributed by atoms with van der Waals surface area (Å²) in [5.74, 6) is 0. The molecule has 1 aromatic carbocycles. The largest absolute Gasteiger partial charge is 0.626 e. The number of hydrogen-bond acceptors (Lipinski definition) is 6. The zero-order chi connectivity index (χ0) is 14.8. The average Bonchev–Trinajstić information content (AvgIpc) is 2.72. The molecule has 3 unspecified atom stereocenters. The number of nitrogens with zero attached hydrogens (tertiary/aromatic N) is 2. The minimum absolute atomic E-state index is 0.0352.